The van der Waals surface area contributed by atoms with Crippen molar-refractivity contribution in [2.45, 2.75) is 6.61 Å². The first kappa shape index (κ1) is 11.3. The Morgan fingerprint density at radius 3 is 3.06 bits per heavy atom. The molecule has 0 aliphatic rings. The number of hydrogen-bond acceptors (Lipinski definition) is 5. The largest absolute Gasteiger partial charge is 0.382 e. The molecular formula is C9H11ClN4O2. The molecule has 0 aromatic carbocycles. The van der Waals surface area contributed by atoms with Crippen molar-refractivity contribution in [1.29, 1.82) is 0 Å². The quantitative estimate of drug-likeness (QED) is 0.731. The maximum atomic E-state index is 5.86. The van der Waals surface area contributed by atoms with E-state index < -0.39 is 0 Å². The van der Waals surface area contributed by atoms with Crippen molar-refractivity contribution >= 4 is 17.2 Å². The molecular weight excluding hydrogens is 232 g/mol. The molecule has 2 heterocycles. The molecule has 0 amide bonds. The topological polar surface area (TPSA) is 61.5 Å². The van der Waals surface area contributed by atoms with Crippen LogP contribution in [0.15, 0.2) is 12.4 Å². The first-order valence-corrected chi connectivity index (χ1v) is 5.11. The summed E-state index contributed by atoms with van der Waals surface area (Å²) in [5.41, 5.74) is 0.537. The summed E-state index contributed by atoms with van der Waals surface area (Å²) >= 11 is 5.86. The minimum absolute atomic E-state index is 0.332. The highest BCUT2D eigenvalue weighted by molar-refractivity contribution is 6.32. The molecule has 2 rings (SSSR count). The second kappa shape index (κ2) is 5.20. The fourth-order valence-electron chi connectivity index (χ4n) is 1.25. The molecule has 0 aliphatic carbocycles. The molecule has 6 nitrogen and oxygen atoms in total. The SMILES string of the molecule is COCCOCc1nnc2c(Cl)nccn12. The van der Waals surface area contributed by atoms with Crippen LogP contribution in [0.1, 0.15) is 5.82 Å². The molecule has 0 aliphatic heterocycles. The average molecular weight is 243 g/mol. The summed E-state index contributed by atoms with van der Waals surface area (Å²) in [6.45, 7) is 1.44. The number of halogens is 1. The third-order valence-electron chi connectivity index (χ3n) is 2.02. The van der Waals surface area contributed by atoms with E-state index in [1.54, 1.807) is 23.9 Å². The predicted molar refractivity (Wildman–Crippen MR) is 57.3 cm³/mol. The number of ether oxygens (including phenoxy) is 2. The van der Waals surface area contributed by atoms with Crippen LogP contribution in [0.2, 0.25) is 5.15 Å². The van der Waals surface area contributed by atoms with E-state index in [2.05, 4.69) is 15.2 Å². The summed E-state index contributed by atoms with van der Waals surface area (Å²) in [6.07, 6.45) is 3.34. The van der Waals surface area contributed by atoms with Gasteiger partial charge in [0.15, 0.2) is 16.6 Å². The highest BCUT2D eigenvalue weighted by Gasteiger charge is 2.08. The van der Waals surface area contributed by atoms with E-state index >= 15 is 0 Å². The van der Waals surface area contributed by atoms with Gasteiger partial charge in [0.05, 0.1) is 13.2 Å². The number of methoxy groups -OCH3 is 1. The fraction of sp³-hybridized carbons (Fsp3) is 0.444. The van der Waals surface area contributed by atoms with Gasteiger partial charge in [0.1, 0.15) is 6.61 Å². The van der Waals surface area contributed by atoms with Crippen molar-refractivity contribution in [2.24, 2.45) is 0 Å². The maximum Gasteiger partial charge on any atom is 0.198 e. The van der Waals surface area contributed by atoms with E-state index in [0.29, 0.717) is 36.4 Å². The first-order chi connectivity index (χ1) is 7.83. The lowest BCUT2D eigenvalue weighted by molar-refractivity contribution is 0.0582. The lowest BCUT2D eigenvalue weighted by Gasteiger charge is -2.02. The number of rotatable bonds is 5. The first-order valence-electron chi connectivity index (χ1n) is 4.73. The fourth-order valence-corrected chi connectivity index (χ4v) is 1.43. The van der Waals surface area contributed by atoms with Crippen molar-refractivity contribution in [3.63, 3.8) is 0 Å². The molecule has 0 unspecified atom stereocenters. The predicted octanol–water partition coefficient (Wildman–Crippen LogP) is 0.941. The molecule has 0 saturated heterocycles. The smallest absolute Gasteiger partial charge is 0.198 e. The van der Waals surface area contributed by atoms with Crippen LogP contribution < -0.4 is 0 Å². The molecule has 2 aromatic heterocycles. The minimum Gasteiger partial charge on any atom is -0.382 e. The third-order valence-corrected chi connectivity index (χ3v) is 2.28. The van der Waals surface area contributed by atoms with Crippen molar-refractivity contribution in [3.8, 4) is 0 Å². The molecule has 0 bridgehead atoms. The van der Waals surface area contributed by atoms with E-state index in [0.717, 1.165) is 0 Å². The molecule has 0 saturated carbocycles. The Bertz CT molecular complexity index is 473. The van der Waals surface area contributed by atoms with Crippen LogP contribution in [0.3, 0.4) is 0 Å². The van der Waals surface area contributed by atoms with Gasteiger partial charge in [-0.2, -0.15) is 0 Å². The Morgan fingerprint density at radius 1 is 1.38 bits per heavy atom. The molecule has 0 atom stereocenters. The van der Waals surface area contributed by atoms with Crippen LogP contribution in [-0.4, -0.2) is 39.9 Å². The average Bonchev–Trinajstić information content (AvgIpc) is 2.70. The standard InChI is InChI=1S/C9H11ClN4O2/c1-15-4-5-16-6-7-12-13-9-8(10)11-2-3-14(7)9/h2-3H,4-6H2,1H3. The molecule has 7 heteroatoms. The Kier molecular flexibility index (Phi) is 3.66. The zero-order valence-electron chi connectivity index (χ0n) is 8.76. The van der Waals surface area contributed by atoms with E-state index in [1.165, 1.54) is 0 Å². The van der Waals surface area contributed by atoms with E-state index in [-0.39, 0.29) is 0 Å². The number of aromatic nitrogens is 4. The van der Waals surface area contributed by atoms with E-state index in [1.807, 2.05) is 0 Å². The van der Waals surface area contributed by atoms with Crippen molar-refractivity contribution < 1.29 is 9.47 Å². The molecule has 2 aromatic rings. The van der Waals surface area contributed by atoms with Crippen molar-refractivity contribution in [1.82, 2.24) is 19.6 Å². The van der Waals surface area contributed by atoms with Crippen LogP contribution in [0.5, 0.6) is 0 Å². The Hall–Kier alpha value is -1.24. The Labute approximate surface area is 97.2 Å². The van der Waals surface area contributed by atoms with Gasteiger partial charge < -0.3 is 9.47 Å². The van der Waals surface area contributed by atoms with Gasteiger partial charge in [0.2, 0.25) is 0 Å². The summed E-state index contributed by atoms with van der Waals surface area (Å²) in [5, 5.41) is 8.23. The summed E-state index contributed by atoms with van der Waals surface area (Å²) in [7, 11) is 1.63. The molecule has 86 valence electrons. The van der Waals surface area contributed by atoms with Crippen molar-refractivity contribution in [3.05, 3.63) is 23.4 Å². The zero-order chi connectivity index (χ0) is 11.4. The number of hydrogen-bond donors (Lipinski definition) is 0. The van der Waals surface area contributed by atoms with E-state index in [4.69, 9.17) is 21.1 Å². The third kappa shape index (κ3) is 2.29. The van der Waals surface area contributed by atoms with Gasteiger partial charge in [-0.25, -0.2) is 4.98 Å². The number of fused-ring (bicyclic) bond motifs is 1. The van der Waals surface area contributed by atoms with E-state index in [9.17, 15) is 0 Å². The van der Waals surface area contributed by atoms with Crippen LogP contribution >= 0.6 is 11.6 Å². The van der Waals surface area contributed by atoms with Crippen LogP contribution in [-0.2, 0) is 16.1 Å². The molecule has 16 heavy (non-hydrogen) atoms. The zero-order valence-corrected chi connectivity index (χ0v) is 9.52. The second-order valence-corrected chi connectivity index (χ2v) is 3.43. The highest BCUT2D eigenvalue weighted by Crippen LogP contribution is 2.12. The van der Waals surface area contributed by atoms with Crippen LogP contribution in [0, 0.1) is 0 Å². The van der Waals surface area contributed by atoms with Gasteiger partial charge in [-0.1, -0.05) is 11.6 Å². The van der Waals surface area contributed by atoms with Gasteiger partial charge in [0, 0.05) is 19.5 Å². The monoisotopic (exact) mass is 242 g/mol. The Balaban J connectivity index is 2.10. The molecule has 0 N–H and O–H groups in total. The minimum atomic E-state index is 0.332. The molecule has 0 fully saturated rings. The van der Waals surface area contributed by atoms with Gasteiger partial charge in [0.25, 0.3) is 0 Å². The lowest BCUT2D eigenvalue weighted by atomic mass is 10.6. The summed E-state index contributed by atoms with van der Waals surface area (Å²) in [4.78, 5) is 3.91. The normalized spacial score (nSPS) is 11.1. The summed E-state index contributed by atoms with van der Waals surface area (Å²) in [5.74, 6) is 0.690. The van der Waals surface area contributed by atoms with Crippen molar-refractivity contribution in [2.75, 3.05) is 20.3 Å². The van der Waals surface area contributed by atoms with Gasteiger partial charge in [-0.3, -0.25) is 4.40 Å². The lowest BCUT2D eigenvalue weighted by Crippen LogP contribution is -2.04. The maximum absolute atomic E-state index is 5.86. The van der Waals surface area contributed by atoms with Gasteiger partial charge in [-0.15, -0.1) is 10.2 Å². The summed E-state index contributed by atoms with van der Waals surface area (Å²) < 4.78 is 12.0. The second-order valence-electron chi connectivity index (χ2n) is 3.07. The van der Waals surface area contributed by atoms with Crippen LogP contribution in [0.4, 0.5) is 0 Å². The van der Waals surface area contributed by atoms with Gasteiger partial charge in [-0.05, 0) is 0 Å². The molecule has 0 spiro atoms. The Morgan fingerprint density at radius 2 is 2.25 bits per heavy atom. The van der Waals surface area contributed by atoms with Gasteiger partial charge >= 0.3 is 0 Å². The van der Waals surface area contributed by atoms with Crippen LogP contribution in [0.25, 0.3) is 5.65 Å². The highest BCUT2D eigenvalue weighted by atomic mass is 35.5. The number of nitrogens with zero attached hydrogens (tertiary/aromatic N) is 4. The summed E-state index contributed by atoms with van der Waals surface area (Å²) in [6, 6.07) is 0. The molecule has 0 radical (unpaired) electrons.